The largest absolute Gasteiger partial charge is 0.353 e. The minimum absolute atomic E-state index is 0.0316. The van der Waals surface area contributed by atoms with E-state index in [1.807, 2.05) is 0 Å². The monoisotopic (exact) mass is 366 g/mol. The maximum atomic E-state index is 6.58. The van der Waals surface area contributed by atoms with E-state index in [-0.39, 0.29) is 24.8 Å². The van der Waals surface area contributed by atoms with Crippen molar-refractivity contribution in [3.05, 3.63) is 0 Å². The van der Waals surface area contributed by atoms with Gasteiger partial charge in [0.15, 0.2) is 12.6 Å². The average molecular weight is 367 g/mol. The molecule has 0 aromatic heterocycles. The van der Waals surface area contributed by atoms with Gasteiger partial charge in [-0.3, -0.25) is 0 Å². The molecule has 4 nitrogen and oxygen atoms in total. The minimum Gasteiger partial charge on any atom is -0.353 e. The van der Waals surface area contributed by atoms with Crippen molar-refractivity contribution in [3.63, 3.8) is 0 Å². The molecule has 26 heavy (non-hydrogen) atoms. The first-order valence-corrected chi connectivity index (χ1v) is 10.9. The van der Waals surface area contributed by atoms with E-state index in [1.165, 1.54) is 6.42 Å². The molecule has 4 heteroatoms. The van der Waals surface area contributed by atoms with Crippen LogP contribution in [0.25, 0.3) is 0 Å². The molecule has 0 radical (unpaired) electrons. The Morgan fingerprint density at radius 2 is 1.38 bits per heavy atom. The van der Waals surface area contributed by atoms with Crippen LogP contribution >= 0.6 is 0 Å². The third kappa shape index (κ3) is 3.47. The first-order valence-electron chi connectivity index (χ1n) is 10.9. The van der Waals surface area contributed by atoms with Crippen molar-refractivity contribution in [2.45, 2.75) is 91.5 Å². The molecule has 0 N–H and O–H groups in total. The van der Waals surface area contributed by atoms with Crippen molar-refractivity contribution < 1.29 is 18.9 Å². The van der Waals surface area contributed by atoms with Crippen LogP contribution in [0.1, 0.15) is 66.7 Å². The molecule has 2 heterocycles. The van der Waals surface area contributed by atoms with Gasteiger partial charge in [-0.25, -0.2) is 0 Å². The lowest BCUT2D eigenvalue weighted by atomic mass is 9.62. The highest BCUT2D eigenvalue weighted by atomic mass is 16.7. The second-order valence-electron chi connectivity index (χ2n) is 10.4. The minimum atomic E-state index is -0.0342. The highest BCUT2D eigenvalue weighted by molar-refractivity contribution is 5.10. The van der Waals surface area contributed by atoms with Crippen LogP contribution < -0.4 is 0 Å². The zero-order valence-corrected chi connectivity index (χ0v) is 17.3. The Bertz CT molecular complexity index is 473. The van der Waals surface area contributed by atoms with E-state index in [2.05, 4.69) is 34.6 Å². The fourth-order valence-corrected chi connectivity index (χ4v) is 6.50. The standard InChI is InChI=1S/C22H38O4/c1-13(2)18-14-12-15(19(18)22(3,4)5)21(26-17-9-7-11-24-17)20(14)25-16-8-6-10-23-16/h13-21H,6-12H2,1-5H3. The van der Waals surface area contributed by atoms with Gasteiger partial charge < -0.3 is 18.9 Å². The van der Waals surface area contributed by atoms with Gasteiger partial charge >= 0.3 is 0 Å². The summed E-state index contributed by atoms with van der Waals surface area (Å²) in [6, 6.07) is 0. The molecule has 0 aromatic carbocycles. The summed E-state index contributed by atoms with van der Waals surface area (Å²) in [6.07, 6.45) is 5.76. The Balaban J connectivity index is 1.58. The molecule has 0 aromatic rings. The smallest absolute Gasteiger partial charge is 0.158 e. The van der Waals surface area contributed by atoms with Crippen LogP contribution in [-0.2, 0) is 18.9 Å². The van der Waals surface area contributed by atoms with Crippen molar-refractivity contribution in [3.8, 4) is 0 Å². The number of ether oxygens (including phenoxy) is 4. The molecule has 2 aliphatic heterocycles. The summed E-state index contributed by atoms with van der Waals surface area (Å²) in [7, 11) is 0. The van der Waals surface area contributed by atoms with Gasteiger partial charge in [0.25, 0.3) is 0 Å². The van der Waals surface area contributed by atoms with Crippen LogP contribution in [-0.4, -0.2) is 38.0 Å². The fraction of sp³-hybridized carbons (Fsp3) is 1.00. The van der Waals surface area contributed by atoms with Crippen molar-refractivity contribution in [1.29, 1.82) is 0 Å². The number of hydrogen-bond donors (Lipinski definition) is 0. The van der Waals surface area contributed by atoms with E-state index >= 15 is 0 Å². The van der Waals surface area contributed by atoms with E-state index in [9.17, 15) is 0 Å². The molecule has 2 aliphatic carbocycles. The molecular weight excluding hydrogens is 328 g/mol. The van der Waals surface area contributed by atoms with Crippen LogP contribution in [0.2, 0.25) is 0 Å². The van der Waals surface area contributed by atoms with Gasteiger partial charge in [-0.05, 0) is 54.3 Å². The SMILES string of the molecule is CC(C)C1C2CC(C(OC3CCCO3)C2OC2CCCO2)C1C(C)(C)C. The maximum Gasteiger partial charge on any atom is 0.158 e. The third-order valence-electron chi connectivity index (χ3n) is 7.25. The van der Waals surface area contributed by atoms with Gasteiger partial charge in [-0.2, -0.15) is 0 Å². The van der Waals surface area contributed by atoms with E-state index in [4.69, 9.17) is 18.9 Å². The van der Waals surface area contributed by atoms with Gasteiger partial charge in [0, 0.05) is 26.1 Å². The van der Waals surface area contributed by atoms with Crippen LogP contribution in [0.4, 0.5) is 0 Å². The lowest BCUT2D eigenvalue weighted by Crippen LogP contribution is -2.51. The molecule has 4 rings (SSSR count). The van der Waals surface area contributed by atoms with Gasteiger partial charge in [0.2, 0.25) is 0 Å². The average Bonchev–Trinajstić information content (AvgIpc) is 3.31. The van der Waals surface area contributed by atoms with Crippen molar-refractivity contribution in [1.82, 2.24) is 0 Å². The van der Waals surface area contributed by atoms with Gasteiger partial charge in [-0.15, -0.1) is 0 Å². The zero-order valence-electron chi connectivity index (χ0n) is 17.3. The van der Waals surface area contributed by atoms with Crippen LogP contribution in [0.5, 0.6) is 0 Å². The summed E-state index contributed by atoms with van der Waals surface area (Å²) >= 11 is 0. The zero-order chi connectivity index (χ0) is 18.5. The Labute approximate surface area is 159 Å². The Morgan fingerprint density at radius 1 is 0.846 bits per heavy atom. The normalized spacial score (nSPS) is 45.9. The number of rotatable bonds is 5. The van der Waals surface area contributed by atoms with Gasteiger partial charge in [-0.1, -0.05) is 34.6 Å². The molecule has 150 valence electrons. The highest BCUT2D eigenvalue weighted by Crippen LogP contribution is 2.62. The van der Waals surface area contributed by atoms with Crippen LogP contribution in [0.15, 0.2) is 0 Å². The van der Waals surface area contributed by atoms with E-state index in [0.717, 1.165) is 38.9 Å². The Kier molecular flexibility index (Phi) is 5.42. The predicted octanol–water partition coefficient (Wildman–Crippen LogP) is 4.61. The molecule has 4 aliphatic rings. The lowest BCUT2D eigenvalue weighted by molar-refractivity contribution is -0.244. The second-order valence-corrected chi connectivity index (χ2v) is 10.4. The van der Waals surface area contributed by atoms with Gasteiger partial charge in [0.05, 0.1) is 12.2 Å². The first kappa shape index (κ1) is 19.2. The second kappa shape index (κ2) is 7.35. The summed E-state index contributed by atoms with van der Waals surface area (Å²) in [6.45, 7) is 13.7. The fourth-order valence-electron chi connectivity index (χ4n) is 6.50. The van der Waals surface area contributed by atoms with Crippen molar-refractivity contribution >= 4 is 0 Å². The summed E-state index contributed by atoms with van der Waals surface area (Å²) in [5.41, 5.74) is 0.293. The quantitative estimate of drug-likeness (QED) is 0.712. The number of hydrogen-bond acceptors (Lipinski definition) is 4. The summed E-state index contributed by atoms with van der Waals surface area (Å²) in [5.74, 6) is 3.22. The van der Waals surface area contributed by atoms with E-state index < -0.39 is 0 Å². The lowest BCUT2D eigenvalue weighted by Gasteiger charge is -2.48. The van der Waals surface area contributed by atoms with Gasteiger partial charge in [0.1, 0.15) is 0 Å². The molecule has 8 atom stereocenters. The van der Waals surface area contributed by atoms with Crippen molar-refractivity contribution in [2.24, 2.45) is 35.0 Å². The number of fused-ring (bicyclic) bond motifs is 2. The molecule has 4 fully saturated rings. The summed E-state index contributed by atoms with van der Waals surface area (Å²) in [5, 5.41) is 0. The predicted molar refractivity (Wildman–Crippen MR) is 101 cm³/mol. The molecule has 8 unspecified atom stereocenters. The molecule has 2 saturated carbocycles. The van der Waals surface area contributed by atoms with Crippen LogP contribution in [0.3, 0.4) is 0 Å². The van der Waals surface area contributed by atoms with Crippen molar-refractivity contribution in [2.75, 3.05) is 13.2 Å². The third-order valence-corrected chi connectivity index (χ3v) is 7.25. The molecule has 2 bridgehead atoms. The molecule has 2 saturated heterocycles. The first-order chi connectivity index (χ1) is 12.4. The molecular formula is C22H38O4. The topological polar surface area (TPSA) is 36.9 Å². The van der Waals surface area contributed by atoms with E-state index in [0.29, 0.717) is 35.0 Å². The summed E-state index contributed by atoms with van der Waals surface area (Å²) < 4.78 is 24.8. The van der Waals surface area contributed by atoms with E-state index in [1.54, 1.807) is 0 Å². The Morgan fingerprint density at radius 3 is 1.81 bits per heavy atom. The molecule has 0 spiro atoms. The summed E-state index contributed by atoms with van der Waals surface area (Å²) in [4.78, 5) is 0. The molecule has 0 amide bonds. The Hall–Kier alpha value is -0.160. The maximum absolute atomic E-state index is 6.58. The highest BCUT2D eigenvalue weighted by Gasteiger charge is 2.63. The van der Waals surface area contributed by atoms with Crippen LogP contribution in [0, 0.1) is 35.0 Å².